The second-order valence-corrected chi connectivity index (χ2v) is 10.4. The maximum atomic E-state index is 13.5. The van der Waals surface area contributed by atoms with Crippen molar-refractivity contribution >= 4 is 11.8 Å². The van der Waals surface area contributed by atoms with Crippen molar-refractivity contribution < 1.29 is 62.2 Å². The Morgan fingerprint density at radius 3 is 1.90 bits per heavy atom. The van der Waals surface area contributed by atoms with E-state index >= 15 is 0 Å². The molecule has 3 aromatic carbocycles. The molecule has 0 saturated carbocycles. The van der Waals surface area contributed by atoms with Crippen molar-refractivity contribution in [2.75, 3.05) is 6.54 Å². The number of ether oxygens (including phenoxy) is 1. The van der Waals surface area contributed by atoms with Crippen LogP contribution in [-0.2, 0) is 11.2 Å². The molecule has 3 aromatic rings. The molecular weight excluding hydrogens is 568 g/mol. The average molecular weight is 594 g/mol. The van der Waals surface area contributed by atoms with Gasteiger partial charge < -0.3 is 14.9 Å². The number of fused-ring (bicyclic) bond motifs is 1. The van der Waals surface area contributed by atoms with Gasteiger partial charge in [0.25, 0.3) is 11.8 Å². The molecule has 10 nitrogen and oxygen atoms in total. The first-order valence-corrected chi connectivity index (χ1v) is 13.7. The van der Waals surface area contributed by atoms with Crippen LogP contribution in [0.3, 0.4) is 0 Å². The number of aliphatic hydroxyl groups excluding tert-OH is 2. The molecule has 13 heteroatoms. The van der Waals surface area contributed by atoms with Gasteiger partial charge in [-0.25, -0.2) is 8.78 Å². The number of rotatable bonds is 7. The summed E-state index contributed by atoms with van der Waals surface area (Å²) < 4.78 is 65.4. The van der Waals surface area contributed by atoms with Crippen LogP contribution in [-0.4, -0.2) is 56.6 Å². The highest BCUT2D eigenvalue weighted by Crippen LogP contribution is 2.33. The molecule has 2 aliphatic heterocycles. The smallest absolute Gasteiger partial charge is 0.261 e. The van der Waals surface area contributed by atoms with E-state index in [1.807, 2.05) is 12.1 Å². The predicted molar refractivity (Wildman–Crippen MR) is 129 cm³/mol. The van der Waals surface area contributed by atoms with Crippen LogP contribution in [0.4, 0.5) is 8.78 Å². The lowest BCUT2D eigenvalue weighted by Crippen LogP contribution is -2.58. The first-order valence-electron chi connectivity index (χ1n) is 12.5. The molecule has 0 unspecified atom stereocenters. The molecule has 0 aromatic heterocycles. The summed E-state index contributed by atoms with van der Waals surface area (Å²) in [6.45, 7) is 0.111. The highest BCUT2D eigenvalue weighted by atomic mass is 35.7. The number of hydrogen-bond donors (Lipinski definition) is 3. The zero-order valence-corrected chi connectivity index (χ0v) is 22.1. The minimum atomic E-state index is -4.69. The Morgan fingerprint density at radius 1 is 0.829 bits per heavy atom. The largest absolute Gasteiger partial charge is 0.387 e. The van der Waals surface area contributed by atoms with Crippen LogP contribution in [0.25, 0.3) is 11.1 Å². The van der Waals surface area contributed by atoms with Gasteiger partial charge >= 0.3 is 0 Å². The molecule has 218 valence electrons. The SMILES string of the molecule is O=C1c2ccccc2C(=O)N1CC[C@@H]1[C@H](O)[C@H](O)O[C@@H]1CCc1ccc(-c2cc(F)cc(F)c2)cc1.[O-][Cl+3]([O-])([O-])O. The van der Waals surface area contributed by atoms with Gasteiger partial charge in [0.1, 0.15) is 17.7 Å². The third-order valence-corrected chi connectivity index (χ3v) is 6.95. The number of amides is 2. The summed E-state index contributed by atoms with van der Waals surface area (Å²) in [6, 6.07) is 17.3. The van der Waals surface area contributed by atoms with E-state index in [4.69, 9.17) is 23.4 Å². The second kappa shape index (κ2) is 12.7. The Kier molecular flexibility index (Phi) is 9.47. The molecule has 0 radical (unpaired) electrons. The van der Waals surface area contributed by atoms with Crippen LogP contribution in [0.2, 0.25) is 0 Å². The summed E-state index contributed by atoms with van der Waals surface area (Å²) in [5.41, 5.74) is 2.81. The van der Waals surface area contributed by atoms with Crippen molar-refractivity contribution in [1.29, 1.82) is 0 Å². The molecule has 0 aliphatic carbocycles. The fourth-order valence-electron chi connectivity index (χ4n) is 5.04. The monoisotopic (exact) mass is 593 g/mol. The number of nitrogens with zero attached hydrogens (tertiary/aromatic N) is 1. The van der Waals surface area contributed by atoms with E-state index < -0.39 is 46.3 Å². The van der Waals surface area contributed by atoms with Crippen molar-refractivity contribution in [3.63, 3.8) is 0 Å². The van der Waals surface area contributed by atoms with Crippen molar-refractivity contribution in [2.45, 2.75) is 37.8 Å². The summed E-state index contributed by atoms with van der Waals surface area (Å²) >= 11 is 0. The fourth-order valence-corrected chi connectivity index (χ4v) is 5.04. The molecule has 1 fully saturated rings. The van der Waals surface area contributed by atoms with Gasteiger partial charge in [0.05, 0.1) is 32.1 Å². The number of halogens is 3. The van der Waals surface area contributed by atoms with Crippen LogP contribution in [0.5, 0.6) is 0 Å². The average Bonchev–Trinajstić information content (AvgIpc) is 3.31. The van der Waals surface area contributed by atoms with E-state index in [1.54, 1.807) is 36.4 Å². The molecular formula is C28H26ClF2NO9. The minimum Gasteiger partial charge on any atom is -0.387 e. The van der Waals surface area contributed by atoms with Gasteiger partial charge in [-0.05, 0) is 60.2 Å². The molecule has 4 atom stereocenters. The first-order chi connectivity index (χ1) is 19.3. The van der Waals surface area contributed by atoms with Crippen LogP contribution in [0.15, 0.2) is 66.7 Å². The molecule has 5 rings (SSSR count). The second-order valence-electron chi connectivity index (χ2n) is 9.61. The number of hydrogen-bond acceptors (Lipinski definition) is 9. The molecule has 0 bridgehead atoms. The minimum absolute atomic E-state index is 0.111. The molecule has 0 spiro atoms. The number of carbonyl (C=O) groups is 2. The van der Waals surface area contributed by atoms with Gasteiger partial charge in [-0.15, -0.1) is 0 Å². The number of imide groups is 1. The summed E-state index contributed by atoms with van der Waals surface area (Å²) in [7, 11) is -4.69. The maximum Gasteiger partial charge on any atom is 0.261 e. The van der Waals surface area contributed by atoms with Crippen molar-refractivity contribution in [2.24, 2.45) is 5.92 Å². The topological polar surface area (TPSA) is 176 Å². The normalized spacial score (nSPS) is 22.0. The summed E-state index contributed by atoms with van der Waals surface area (Å²) in [4.78, 5) is 26.4. The zero-order chi connectivity index (χ0) is 29.9. The lowest BCUT2D eigenvalue weighted by atomic mass is 9.90. The summed E-state index contributed by atoms with van der Waals surface area (Å²) in [5, 5.41) is 20.6. The zero-order valence-electron chi connectivity index (χ0n) is 21.4. The Bertz CT molecular complexity index is 1340. The third-order valence-electron chi connectivity index (χ3n) is 6.95. The van der Waals surface area contributed by atoms with E-state index in [-0.39, 0.29) is 18.4 Å². The quantitative estimate of drug-likeness (QED) is 0.314. The van der Waals surface area contributed by atoms with Gasteiger partial charge in [-0.2, -0.15) is 14.0 Å². The molecule has 2 amide bonds. The molecule has 3 N–H and O–H groups in total. The predicted octanol–water partition coefficient (Wildman–Crippen LogP) is -0.179. The molecule has 2 aliphatic rings. The van der Waals surface area contributed by atoms with Crippen molar-refractivity contribution in [1.82, 2.24) is 4.90 Å². The lowest BCUT2D eigenvalue weighted by molar-refractivity contribution is -1.92. The fraction of sp³-hybridized carbons (Fsp3) is 0.286. The number of carbonyl (C=O) groups excluding carboxylic acids is 2. The van der Waals surface area contributed by atoms with E-state index in [9.17, 15) is 28.6 Å². The van der Waals surface area contributed by atoms with E-state index in [1.165, 1.54) is 17.0 Å². The van der Waals surface area contributed by atoms with Crippen LogP contribution in [0.1, 0.15) is 39.1 Å². The van der Waals surface area contributed by atoms with Gasteiger partial charge in [0.15, 0.2) is 6.29 Å². The van der Waals surface area contributed by atoms with Gasteiger partial charge in [0, 0.05) is 18.5 Å². The van der Waals surface area contributed by atoms with Crippen LogP contribution >= 0.6 is 0 Å². The third kappa shape index (κ3) is 7.70. The number of aryl methyl sites for hydroxylation is 1. The Hall–Kier alpha value is -3.33. The van der Waals surface area contributed by atoms with Crippen LogP contribution < -0.4 is 14.0 Å². The molecule has 2 heterocycles. The standard InChI is InChI=1S/C28H25F2NO5.ClHO4/c29-19-13-18(14-20(30)15-19)17-8-5-16(6-9-17)7-10-24-23(25(32)28(35)36-24)11-12-31-26(33)21-3-1-2-4-22(21)27(31)34;2-1(3,4)5/h1-6,8-9,13-15,23-25,28,32,35H,7,10-12H2;(H,2,3,4,5)/t23-,24+,25-,28+;/m0./s1. The highest BCUT2D eigenvalue weighted by molar-refractivity contribution is 6.21. The van der Waals surface area contributed by atoms with Crippen molar-refractivity contribution in [3.8, 4) is 11.1 Å². The maximum absolute atomic E-state index is 13.5. The number of aliphatic hydroxyl groups is 2. The Labute approximate surface area is 235 Å². The Balaban J connectivity index is 0.000000714. The van der Waals surface area contributed by atoms with Crippen LogP contribution in [0, 0.1) is 27.8 Å². The van der Waals surface area contributed by atoms with Gasteiger partial charge in [0.2, 0.25) is 0 Å². The van der Waals surface area contributed by atoms with Gasteiger partial charge in [-0.1, -0.05) is 36.4 Å². The van der Waals surface area contributed by atoms with E-state index in [2.05, 4.69) is 0 Å². The summed E-state index contributed by atoms with van der Waals surface area (Å²) in [6.07, 6.45) is -1.58. The lowest BCUT2D eigenvalue weighted by Gasteiger charge is -2.22. The highest BCUT2D eigenvalue weighted by Gasteiger charge is 2.43. The Morgan fingerprint density at radius 2 is 1.37 bits per heavy atom. The number of benzene rings is 3. The van der Waals surface area contributed by atoms with Crippen molar-refractivity contribution in [3.05, 3.63) is 95.1 Å². The molecule has 1 saturated heterocycles. The molecule has 41 heavy (non-hydrogen) atoms. The summed E-state index contributed by atoms with van der Waals surface area (Å²) in [5.74, 6) is -2.47. The van der Waals surface area contributed by atoms with Gasteiger partial charge in [-0.3, -0.25) is 14.5 Å². The van der Waals surface area contributed by atoms with E-state index in [0.29, 0.717) is 41.5 Å². The van der Waals surface area contributed by atoms with E-state index in [0.717, 1.165) is 11.6 Å². The first kappa shape index (κ1) is 30.6.